The molecular weight excluding hydrogens is 336 g/mol. The molecule has 0 spiro atoms. The zero-order valence-corrected chi connectivity index (χ0v) is 15.4. The van der Waals surface area contributed by atoms with Crippen LogP contribution < -0.4 is 11.1 Å². The number of carbonyl (C=O) groups is 1. The van der Waals surface area contributed by atoms with Gasteiger partial charge in [-0.1, -0.05) is 26.8 Å². The van der Waals surface area contributed by atoms with Gasteiger partial charge in [-0.3, -0.25) is 4.79 Å². The molecule has 6 nitrogen and oxygen atoms in total. The summed E-state index contributed by atoms with van der Waals surface area (Å²) < 4.78 is 5.70. The number of amides is 1. The molecule has 2 aromatic heterocycles. The fourth-order valence-corrected chi connectivity index (χ4v) is 3.06. The number of fused-ring (bicyclic) bond motifs is 1. The van der Waals surface area contributed by atoms with E-state index in [1.165, 1.54) is 16.9 Å². The van der Waals surface area contributed by atoms with Crippen LogP contribution in [0.1, 0.15) is 44.3 Å². The van der Waals surface area contributed by atoms with Gasteiger partial charge in [0.25, 0.3) is 0 Å². The Balaban J connectivity index is 1.58. The Morgan fingerprint density at radius 2 is 2.12 bits per heavy atom. The van der Waals surface area contributed by atoms with Gasteiger partial charge in [0.05, 0.1) is 12.2 Å². The molecule has 0 fully saturated rings. The van der Waals surface area contributed by atoms with Gasteiger partial charge >= 0.3 is 0 Å². The summed E-state index contributed by atoms with van der Waals surface area (Å²) in [6.07, 6.45) is 0.930. The molecule has 7 heteroatoms. The molecule has 0 saturated heterocycles. The van der Waals surface area contributed by atoms with Gasteiger partial charge in [0.2, 0.25) is 11.8 Å². The molecule has 0 atom stereocenters. The summed E-state index contributed by atoms with van der Waals surface area (Å²) in [5.74, 6) is 0.441. The molecule has 0 bridgehead atoms. The first kappa shape index (κ1) is 17.4. The van der Waals surface area contributed by atoms with Crippen LogP contribution in [0.3, 0.4) is 0 Å². The summed E-state index contributed by atoms with van der Waals surface area (Å²) in [4.78, 5) is 20.6. The Hall–Kier alpha value is -2.41. The number of anilines is 1. The number of rotatable bonds is 5. The van der Waals surface area contributed by atoms with Gasteiger partial charge in [-0.15, -0.1) is 11.3 Å². The van der Waals surface area contributed by atoms with E-state index in [1.54, 1.807) is 0 Å². The van der Waals surface area contributed by atoms with Gasteiger partial charge in [0, 0.05) is 11.8 Å². The maximum absolute atomic E-state index is 12.0. The van der Waals surface area contributed by atoms with Crippen molar-refractivity contribution in [3.05, 3.63) is 40.7 Å². The summed E-state index contributed by atoms with van der Waals surface area (Å²) >= 11 is 1.38. The first-order chi connectivity index (χ1) is 11.8. The number of benzene rings is 1. The fourth-order valence-electron chi connectivity index (χ4n) is 2.46. The van der Waals surface area contributed by atoms with Crippen molar-refractivity contribution < 1.29 is 9.21 Å². The van der Waals surface area contributed by atoms with Crippen LogP contribution in [-0.4, -0.2) is 15.9 Å². The molecule has 3 N–H and O–H groups in total. The minimum Gasteiger partial charge on any atom is -0.439 e. The lowest BCUT2D eigenvalue weighted by Gasteiger charge is -2.18. The highest BCUT2D eigenvalue weighted by atomic mass is 32.1. The molecule has 0 radical (unpaired) electrons. The van der Waals surface area contributed by atoms with Gasteiger partial charge in [-0.25, -0.2) is 9.97 Å². The molecule has 1 amide bonds. The van der Waals surface area contributed by atoms with E-state index in [9.17, 15) is 4.79 Å². The molecule has 0 saturated carbocycles. The number of nitrogens with two attached hydrogens (primary N) is 1. The van der Waals surface area contributed by atoms with Crippen LogP contribution in [0.4, 0.5) is 5.13 Å². The SMILES string of the molecule is CC(C)(C)c1ccc2oc(CNC(=O)CCc3csc(N)n3)nc2c1. The highest BCUT2D eigenvalue weighted by molar-refractivity contribution is 7.13. The van der Waals surface area contributed by atoms with E-state index in [-0.39, 0.29) is 17.9 Å². The largest absolute Gasteiger partial charge is 0.439 e. The van der Waals surface area contributed by atoms with Crippen molar-refractivity contribution in [2.45, 2.75) is 45.6 Å². The predicted octanol–water partition coefficient (Wildman–Crippen LogP) is 3.41. The summed E-state index contributed by atoms with van der Waals surface area (Å²) in [7, 11) is 0. The van der Waals surface area contributed by atoms with Crippen LogP contribution in [0.5, 0.6) is 0 Å². The van der Waals surface area contributed by atoms with E-state index in [1.807, 2.05) is 17.5 Å². The Morgan fingerprint density at radius 1 is 1.32 bits per heavy atom. The van der Waals surface area contributed by atoms with Crippen LogP contribution in [0.25, 0.3) is 11.1 Å². The Kier molecular flexibility index (Phi) is 4.76. The molecule has 3 rings (SSSR count). The molecule has 2 heterocycles. The van der Waals surface area contributed by atoms with Gasteiger partial charge in [-0.05, 0) is 29.5 Å². The zero-order chi connectivity index (χ0) is 18.0. The number of nitrogen functional groups attached to an aromatic ring is 1. The third-order valence-corrected chi connectivity index (χ3v) is 4.64. The van der Waals surface area contributed by atoms with Crippen molar-refractivity contribution in [3.63, 3.8) is 0 Å². The normalized spacial score (nSPS) is 11.8. The monoisotopic (exact) mass is 358 g/mol. The molecule has 3 aromatic rings. The second kappa shape index (κ2) is 6.84. The number of aryl methyl sites for hydroxylation is 1. The van der Waals surface area contributed by atoms with Crippen LogP contribution >= 0.6 is 11.3 Å². The second-order valence-corrected chi connectivity index (χ2v) is 7.88. The molecule has 25 heavy (non-hydrogen) atoms. The van der Waals surface area contributed by atoms with Gasteiger partial charge in [0.15, 0.2) is 10.7 Å². The van der Waals surface area contributed by atoms with Crippen molar-refractivity contribution in [2.24, 2.45) is 0 Å². The Morgan fingerprint density at radius 3 is 2.80 bits per heavy atom. The first-order valence-electron chi connectivity index (χ1n) is 8.18. The minimum absolute atomic E-state index is 0.0562. The lowest BCUT2D eigenvalue weighted by atomic mass is 9.87. The maximum atomic E-state index is 12.0. The smallest absolute Gasteiger partial charge is 0.220 e. The Labute approximate surface area is 150 Å². The van der Waals surface area contributed by atoms with Crippen molar-refractivity contribution in [2.75, 3.05) is 5.73 Å². The Bertz CT molecular complexity index is 892. The molecule has 0 aliphatic heterocycles. The number of aromatic nitrogens is 2. The third-order valence-electron chi connectivity index (χ3n) is 3.91. The average molecular weight is 358 g/mol. The predicted molar refractivity (Wildman–Crippen MR) is 99.4 cm³/mol. The van der Waals surface area contributed by atoms with E-state index in [0.29, 0.717) is 23.9 Å². The van der Waals surface area contributed by atoms with Crippen molar-refractivity contribution in [1.82, 2.24) is 15.3 Å². The summed E-state index contributed by atoms with van der Waals surface area (Å²) in [5, 5.41) is 5.23. The van der Waals surface area contributed by atoms with Crippen LogP contribution in [0, 0.1) is 0 Å². The minimum atomic E-state index is -0.0655. The third kappa shape index (κ3) is 4.36. The van der Waals surface area contributed by atoms with Gasteiger partial charge < -0.3 is 15.5 Å². The average Bonchev–Trinajstić information content (AvgIpc) is 3.14. The van der Waals surface area contributed by atoms with Crippen molar-refractivity contribution in [1.29, 1.82) is 0 Å². The summed E-state index contributed by atoms with van der Waals surface area (Å²) in [6.45, 7) is 6.75. The van der Waals surface area contributed by atoms with Crippen molar-refractivity contribution >= 4 is 33.5 Å². The molecule has 132 valence electrons. The van der Waals surface area contributed by atoms with Crippen LogP contribution in [0.2, 0.25) is 0 Å². The summed E-state index contributed by atoms with van der Waals surface area (Å²) in [5.41, 5.74) is 9.22. The second-order valence-electron chi connectivity index (χ2n) is 6.99. The van der Waals surface area contributed by atoms with Gasteiger partial charge in [-0.2, -0.15) is 0 Å². The van der Waals surface area contributed by atoms with Crippen molar-refractivity contribution in [3.8, 4) is 0 Å². The number of thiazole rings is 1. The van der Waals surface area contributed by atoms with E-state index in [4.69, 9.17) is 10.2 Å². The number of carbonyl (C=O) groups excluding carboxylic acids is 1. The number of oxazole rings is 1. The first-order valence-corrected chi connectivity index (χ1v) is 9.06. The lowest BCUT2D eigenvalue weighted by molar-refractivity contribution is -0.121. The fraction of sp³-hybridized carbons (Fsp3) is 0.389. The topological polar surface area (TPSA) is 94.0 Å². The maximum Gasteiger partial charge on any atom is 0.220 e. The number of hydrogen-bond donors (Lipinski definition) is 2. The van der Waals surface area contributed by atoms with Crippen LogP contribution in [0.15, 0.2) is 28.0 Å². The molecular formula is C18H22N4O2S. The van der Waals surface area contributed by atoms with E-state index in [0.717, 1.165) is 16.8 Å². The van der Waals surface area contributed by atoms with E-state index in [2.05, 4.69) is 42.1 Å². The number of nitrogens with one attached hydrogen (secondary N) is 1. The highest BCUT2D eigenvalue weighted by Gasteiger charge is 2.16. The summed E-state index contributed by atoms with van der Waals surface area (Å²) in [6, 6.07) is 6.02. The molecule has 1 aromatic carbocycles. The van der Waals surface area contributed by atoms with Crippen LogP contribution in [-0.2, 0) is 23.2 Å². The quantitative estimate of drug-likeness (QED) is 0.729. The molecule has 0 aliphatic carbocycles. The van der Waals surface area contributed by atoms with E-state index >= 15 is 0 Å². The van der Waals surface area contributed by atoms with E-state index < -0.39 is 0 Å². The molecule has 0 unspecified atom stereocenters. The number of hydrogen-bond acceptors (Lipinski definition) is 6. The number of nitrogens with zero attached hydrogens (tertiary/aromatic N) is 2. The van der Waals surface area contributed by atoms with Gasteiger partial charge in [0.1, 0.15) is 5.52 Å². The lowest BCUT2D eigenvalue weighted by Crippen LogP contribution is -2.23. The highest BCUT2D eigenvalue weighted by Crippen LogP contribution is 2.26. The standard InChI is InChI=1S/C18H22N4O2S/c1-18(2,3)11-4-6-14-13(8-11)22-16(24-14)9-20-15(23)7-5-12-10-25-17(19)21-12/h4,6,8,10H,5,7,9H2,1-3H3,(H2,19,21)(H,20,23). The zero-order valence-electron chi connectivity index (χ0n) is 14.6. The molecule has 0 aliphatic rings.